The summed E-state index contributed by atoms with van der Waals surface area (Å²) in [4.78, 5) is 23.4. The minimum Gasteiger partial charge on any atom is -0.368 e. The second-order valence-electron chi connectivity index (χ2n) is 6.02. The number of carbonyl (C=O) groups excluding carboxylic acids is 1. The largest absolute Gasteiger partial charge is 0.368 e. The number of nitrogens with one attached hydrogen (secondary N) is 2. The van der Waals surface area contributed by atoms with E-state index in [0.29, 0.717) is 18.7 Å². The molecule has 1 saturated heterocycles. The van der Waals surface area contributed by atoms with Crippen LogP contribution in [0.25, 0.3) is 0 Å². The number of aryl methyl sites for hydroxylation is 1. The number of hydrogen-bond acceptors (Lipinski definition) is 5. The molecule has 0 spiro atoms. The Balaban J connectivity index is 1.52. The lowest BCUT2D eigenvalue weighted by Crippen LogP contribution is -2.29. The third-order valence-electron chi connectivity index (χ3n) is 4.09. The van der Waals surface area contributed by atoms with E-state index in [1.165, 1.54) is 12.8 Å². The van der Waals surface area contributed by atoms with Crippen molar-refractivity contribution in [2.24, 2.45) is 0 Å². The Morgan fingerprint density at radius 2 is 1.96 bits per heavy atom. The summed E-state index contributed by atoms with van der Waals surface area (Å²) in [5, 5.41) is 6.18. The van der Waals surface area contributed by atoms with Gasteiger partial charge in [0.2, 0.25) is 0 Å². The van der Waals surface area contributed by atoms with Crippen molar-refractivity contribution in [2.75, 3.05) is 36.4 Å². The molecule has 1 aromatic carbocycles. The van der Waals surface area contributed by atoms with Crippen LogP contribution in [0.3, 0.4) is 0 Å². The predicted octanol–water partition coefficient (Wildman–Crippen LogP) is 2.99. The standard InChI is InChI=1S/C18H22BrN5O/c1-13-22-16(12-17(23-13)24-10-4-5-11-24)20-8-9-21-18(25)14-6-2-3-7-15(14)19/h2-3,6-7,12H,4-5,8-11H2,1H3,(H,21,25)(H,20,22,23). The fourth-order valence-corrected chi connectivity index (χ4v) is 3.32. The van der Waals surface area contributed by atoms with Crippen molar-refractivity contribution < 1.29 is 4.79 Å². The van der Waals surface area contributed by atoms with Crippen LogP contribution < -0.4 is 15.5 Å². The average molecular weight is 404 g/mol. The molecule has 6 nitrogen and oxygen atoms in total. The monoisotopic (exact) mass is 403 g/mol. The van der Waals surface area contributed by atoms with Crippen LogP contribution in [0.5, 0.6) is 0 Å². The molecule has 1 fully saturated rings. The van der Waals surface area contributed by atoms with Crippen LogP contribution >= 0.6 is 15.9 Å². The molecule has 1 aromatic heterocycles. The lowest BCUT2D eigenvalue weighted by Gasteiger charge is -2.17. The van der Waals surface area contributed by atoms with Crippen LogP contribution in [0.4, 0.5) is 11.6 Å². The van der Waals surface area contributed by atoms with E-state index in [9.17, 15) is 4.79 Å². The molecule has 132 valence electrons. The maximum Gasteiger partial charge on any atom is 0.252 e. The molecule has 1 aliphatic rings. The number of aromatic nitrogens is 2. The summed E-state index contributed by atoms with van der Waals surface area (Å²) in [5.74, 6) is 2.43. The van der Waals surface area contributed by atoms with Crippen molar-refractivity contribution in [3.8, 4) is 0 Å². The first-order valence-corrected chi connectivity index (χ1v) is 9.30. The van der Waals surface area contributed by atoms with Gasteiger partial charge in [-0.15, -0.1) is 0 Å². The number of hydrogen-bond donors (Lipinski definition) is 2. The molecule has 0 radical (unpaired) electrons. The third kappa shape index (κ3) is 4.69. The first-order chi connectivity index (χ1) is 12.1. The van der Waals surface area contributed by atoms with Crippen molar-refractivity contribution in [3.05, 3.63) is 46.2 Å². The quantitative estimate of drug-likeness (QED) is 0.725. The number of nitrogens with zero attached hydrogens (tertiary/aromatic N) is 3. The molecule has 2 N–H and O–H groups in total. The first-order valence-electron chi connectivity index (χ1n) is 8.51. The molecular weight excluding hydrogens is 382 g/mol. The van der Waals surface area contributed by atoms with Gasteiger partial charge in [0.1, 0.15) is 17.5 Å². The van der Waals surface area contributed by atoms with Crippen LogP contribution in [0.15, 0.2) is 34.8 Å². The van der Waals surface area contributed by atoms with Gasteiger partial charge in [0.05, 0.1) is 5.56 Å². The summed E-state index contributed by atoms with van der Waals surface area (Å²) in [6, 6.07) is 9.37. The van der Waals surface area contributed by atoms with Gasteiger partial charge < -0.3 is 15.5 Å². The number of rotatable bonds is 6. The van der Waals surface area contributed by atoms with E-state index >= 15 is 0 Å². The minimum atomic E-state index is -0.0918. The second-order valence-corrected chi connectivity index (χ2v) is 6.87. The zero-order chi connectivity index (χ0) is 17.6. The molecule has 2 heterocycles. The molecule has 7 heteroatoms. The average Bonchev–Trinajstić information content (AvgIpc) is 3.13. The van der Waals surface area contributed by atoms with E-state index in [0.717, 1.165) is 35.0 Å². The van der Waals surface area contributed by atoms with Crippen molar-refractivity contribution in [1.82, 2.24) is 15.3 Å². The second kappa shape index (κ2) is 8.29. The predicted molar refractivity (Wildman–Crippen MR) is 103 cm³/mol. The van der Waals surface area contributed by atoms with E-state index in [2.05, 4.69) is 41.4 Å². The summed E-state index contributed by atoms with van der Waals surface area (Å²) < 4.78 is 0.794. The van der Waals surface area contributed by atoms with Gasteiger partial charge >= 0.3 is 0 Å². The Bertz CT molecular complexity index is 746. The maximum absolute atomic E-state index is 12.2. The van der Waals surface area contributed by atoms with Gasteiger partial charge in [0, 0.05) is 36.7 Å². The zero-order valence-electron chi connectivity index (χ0n) is 14.3. The third-order valence-corrected chi connectivity index (χ3v) is 4.78. The van der Waals surface area contributed by atoms with E-state index < -0.39 is 0 Å². The molecule has 25 heavy (non-hydrogen) atoms. The van der Waals surface area contributed by atoms with Gasteiger partial charge in [-0.05, 0) is 47.8 Å². The normalized spacial score (nSPS) is 13.8. The molecule has 0 saturated carbocycles. The SMILES string of the molecule is Cc1nc(NCCNC(=O)c2ccccc2Br)cc(N2CCCC2)n1. The smallest absolute Gasteiger partial charge is 0.252 e. The number of amides is 1. The van der Waals surface area contributed by atoms with Gasteiger partial charge in [-0.2, -0.15) is 0 Å². The molecule has 0 aliphatic carbocycles. The molecule has 3 rings (SSSR count). The highest BCUT2D eigenvalue weighted by atomic mass is 79.9. The molecule has 2 aromatic rings. The summed E-state index contributed by atoms with van der Waals surface area (Å²) in [6.45, 7) is 5.13. The maximum atomic E-state index is 12.2. The highest BCUT2D eigenvalue weighted by Gasteiger charge is 2.15. The fraction of sp³-hybridized carbons (Fsp3) is 0.389. The summed E-state index contributed by atoms with van der Waals surface area (Å²) >= 11 is 3.39. The molecule has 1 amide bonds. The van der Waals surface area contributed by atoms with Crippen molar-refractivity contribution in [3.63, 3.8) is 0 Å². The van der Waals surface area contributed by atoms with Crippen LogP contribution in [0.1, 0.15) is 29.0 Å². The fourth-order valence-electron chi connectivity index (χ4n) is 2.86. The minimum absolute atomic E-state index is 0.0918. The number of carbonyl (C=O) groups is 1. The topological polar surface area (TPSA) is 70.2 Å². The van der Waals surface area contributed by atoms with E-state index in [-0.39, 0.29) is 5.91 Å². The first kappa shape index (κ1) is 17.7. The van der Waals surface area contributed by atoms with Gasteiger partial charge in [0.15, 0.2) is 0 Å². The molecule has 0 atom stereocenters. The van der Waals surface area contributed by atoms with E-state index in [4.69, 9.17) is 0 Å². The zero-order valence-corrected chi connectivity index (χ0v) is 15.8. The molecule has 0 unspecified atom stereocenters. The highest BCUT2D eigenvalue weighted by molar-refractivity contribution is 9.10. The van der Waals surface area contributed by atoms with Gasteiger partial charge in [-0.25, -0.2) is 9.97 Å². The molecule has 1 aliphatic heterocycles. The van der Waals surface area contributed by atoms with Gasteiger partial charge in [-0.1, -0.05) is 12.1 Å². The molecule has 0 bridgehead atoms. The lowest BCUT2D eigenvalue weighted by atomic mass is 10.2. The van der Waals surface area contributed by atoms with Crippen LogP contribution in [0, 0.1) is 6.92 Å². The molecular formula is C18H22BrN5O. The van der Waals surface area contributed by atoms with Crippen molar-refractivity contribution >= 4 is 33.5 Å². The summed E-state index contributed by atoms with van der Waals surface area (Å²) in [6.07, 6.45) is 2.43. The van der Waals surface area contributed by atoms with Crippen LogP contribution in [-0.4, -0.2) is 42.1 Å². The number of halogens is 1. The Kier molecular flexibility index (Phi) is 5.86. The Morgan fingerprint density at radius 3 is 2.72 bits per heavy atom. The van der Waals surface area contributed by atoms with Crippen molar-refractivity contribution in [1.29, 1.82) is 0 Å². The lowest BCUT2D eigenvalue weighted by molar-refractivity contribution is 0.0954. The van der Waals surface area contributed by atoms with Gasteiger partial charge in [0.25, 0.3) is 5.91 Å². The van der Waals surface area contributed by atoms with Crippen molar-refractivity contribution in [2.45, 2.75) is 19.8 Å². The Labute approximate surface area is 156 Å². The summed E-state index contributed by atoms with van der Waals surface area (Å²) in [5.41, 5.74) is 0.636. The number of anilines is 2. The van der Waals surface area contributed by atoms with E-state index in [1.54, 1.807) is 6.07 Å². The Morgan fingerprint density at radius 1 is 1.20 bits per heavy atom. The van der Waals surface area contributed by atoms with E-state index in [1.807, 2.05) is 31.2 Å². The Hall–Kier alpha value is -2.15. The highest BCUT2D eigenvalue weighted by Crippen LogP contribution is 2.20. The number of benzene rings is 1. The van der Waals surface area contributed by atoms with Crippen LogP contribution in [0.2, 0.25) is 0 Å². The van der Waals surface area contributed by atoms with Crippen LogP contribution in [-0.2, 0) is 0 Å². The summed E-state index contributed by atoms with van der Waals surface area (Å²) in [7, 11) is 0. The van der Waals surface area contributed by atoms with Gasteiger partial charge in [-0.3, -0.25) is 4.79 Å².